The van der Waals surface area contributed by atoms with Crippen LogP contribution >= 0.6 is 27.3 Å². The van der Waals surface area contributed by atoms with E-state index in [1.165, 1.54) is 11.3 Å². The van der Waals surface area contributed by atoms with Crippen LogP contribution < -0.4 is 14.8 Å². The van der Waals surface area contributed by atoms with E-state index in [0.29, 0.717) is 11.1 Å². The summed E-state index contributed by atoms with van der Waals surface area (Å²) in [5.41, 5.74) is 2.60. The molecule has 6 heteroatoms. The van der Waals surface area contributed by atoms with Crippen LogP contribution in [0.1, 0.15) is 12.5 Å². The molecule has 2 aromatic carbocycles. The molecule has 0 saturated carbocycles. The number of hydrogen-bond acceptors (Lipinski definition) is 4. The summed E-state index contributed by atoms with van der Waals surface area (Å²) in [6.07, 6.45) is 1.89. The Balaban J connectivity index is 1.87. The van der Waals surface area contributed by atoms with Gasteiger partial charge in [0.2, 0.25) is 0 Å². The van der Waals surface area contributed by atoms with Gasteiger partial charge in [0, 0.05) is 0 Å². The van der Waals surface area contributed by atoms with Crippen molar-refractivity contribution in [1.82, 2.24) is 9.38 Å². The van der Waals surface area contributed by atoms with Crippen molar-refractivity contribution < 1.29 is 4.74 Å². The summed E-state index contributed by atoms with van der Waals surface area (Å²) in [5.74, 6) is 0.795. The van der Waals surface area contributed by atoms with Crippen molar-refractivity contribution in [3.8, 4) is 5.75 Å². The smallest absolute Gasteiger partial charge is 0.274 e. The zero-order valence-electron chi connectivity index (χ0n) is 12.8. The van der Waals surface area contributed by atoms with Crippen LogP contribution in [0.25, 0.3) is 22.1 Å². The van der Waals surface area contributed by atoms with Crippen LogP contribution in [0, 0.1) is 0 Å². The highest BCUT2D eigenvalue weighted by molar-refractivity contribution is 9.10. The molecule has 4 rings (SSSR count). The van der Waals surface area contributed by atoms with Crippen LogP contribution in [0.2, 0.25) is 0 Å². The van der Waals surface area contributed by atoms with E-state index < -0.39 is 0 Å². The Kier molecular flexibility index (Phi) is 3.86. The molecular formula is C18H13BrN2O2S. The number of nitrogens with zero attached hydrogens (tertiary/aromatic N) is 2. The van der Waals surface area contributed by atoms with Crippen LogP contribution in [-0.2, 0) is 0 Å². The lowest BCUT2D eigenvalue weighted by Crippen LogP contribution is -2.22. The number of halogens is 1. The van der Waals surface area contributed by atoms with Gasteiger partial charge in [-0.15, -0.1) is 0 Å². The van der Waals surface area contributed by atoms with Crippen molar-refractivity contribution in [2.45, 2.75) is 6.92 Å². The highest BCUT2D eigenvalue weighted by atomic mass is 79.9. The van der Waals surface area contributed by atoms with Gasteiger partial charge in [-0.1, -0.05) is 29.5 Å². The topological polar surface area (TPSA) is 43.6 Å². The predicted octanol–water partition coefficient (Wildman–Crippen LogP) is 3.62. The lowest BCUT2D eigenvalue weighted by molar-refractivity contribution is 0.338. The van der Waals surface area contributed by atoms with Crippen LogP contribution in [0.15, 0.2) is 51.7 Å². The van der Waals surface area contributed by atoms with Gasteiger partial charge in [0.05, 0.1) is 26.6 Å². The van der Waals surface area contributed by atoms with E-state index in [1.54, 1.807) is 4.40 Å². The molecule has 0 N–H and O–H groups in total. The van der Waals surface area contributed by atoms with Crippen molar-refractivity contribution in [1.29, 1.82) is 0 Å². The molecule has 0 aliphatic carbocycles. The fourth-order valence-corrected chi connectivity index (χ4v) is 4.14. The van der Waals surface area contributed by atoms with Crippen LogP contribution in [0.3, 0.4) is 0 Å². The number of hydrogen-bond donors (Lipinski definition) is 0. The first-order valence-corrected chi connectivity index (χ1v) is 9.12. The Hall–Kier alpha value is -2.18. The molecule has 4 aromatic rings. The zero-order chi connectivity index (χ0) is 16.7. The average molecular weight is 401 g/mol. The maximum atomic E-state index is 12.7. The molecule has 2 heterocycles. The summed E-state index contributed by atoms with van der Waals surface area (Å²) in [5, 5.41) is 0. The largest absolute Gasteiger partial charge is 0.493 e. The number of ether oxygens (including phenoxy) is 1. The molecule has 0 bridgehead atoms. The normalized spacial score (nSPS) is 12.3. The second kappa shape index (κ2) is 6.03. The molecule has 0 spiro atoms. The van der Waals surface area contributed by atoms with E-state index in [9.17, 15) is 4.79 Å². The van der Waals surface area contributed by atoms with Gasteiger partial charge in [0.1, 0.15) is 5.75 Å². The number of thiazole rings is 1. The number of para-hydroxylation sites is 2. The Bertz CT molecular complexity index is 1160. The van der Waals surface area contributed by atoms with E-state index in [0.717, 1.165) is 31.8 Å². The number of rotatable bonds is 3. The monoisotopic (exact) mass is 400 g/mol. The molecule has 0 atom stereocenters. The number of fused-ring (bicyclic) bond motifs is 3. The Morgan fingerprint density at radius 2 is 2.12 bits per heavy atom. The summed E-state index contributed by atoms with van der Waals surface area (Å²) >= 11 is 4.90. The molecule has 0 saturated heterocycles. The second-order valence-corrected chi connectivity index (χ2v) is 7.12. The van der Waals surface area contributed by atoms with Gasteiger partial charge in [0.25, 0.3) is 5.56 Å². The highest BCUT2D eigenvalue weighted by Crippen LogP contribution is 2.26. The average Bonchev–Trinajstić information content (AvgIpc) is 3.07. The first kappa shape index (κ1) is 15.4. The summed E-state index contributed by atoms with van der Waals surface area (Å²) in [6.45, 7) is 2.56. The lowest BCUT2D eigenvalue weighted by Gasteiger charge is -2.05. The van der Waals surface area contributed by atoms with Gasteiger partial charge in [-0.3, -0.25) is 4.79 Å². The van der Waals surface area contributed by atoms with Gasteiger partial charge in [-0.25, -0.2) is 9.38 Å². The van der Waals surface area contributed by atoms with Crippen molar-refractivity contribution in [3.63, 3.8) is 0 Å². The van der Waals surface area contributed by atoms with E-state index in [-0.39, 0.29) is 5.56 Å². The Morgan fingerprint density at radius 1 is 1.29 bits per heavy atom. The first-order chi connectivity index (χ1) is 11.7. The summed E-state index contributed by atoms with van der Waals surface area (Å²) < 4.78 is 8.73. The molecule has 0 unspecified atom stereocenters. The third-order valence-electron chi connectivity index (χ3n) is 3.70. The minimum atomic E-state index is -0.0336. The van der Waals surface area contributed by atoms with Crippen molar-refractivity contribution in [2.24, 2.45) is 0 Å². The van der Waals surface area contributed by atoms with E-state index >= 15 is 0 Å². The lowest BCUT2D eigenvalue weighted by atomic mass is 10.2. The van der Waals surface area contributed by atoms with Gasteiger partial charge in [-0.05, 0) is 58.8 Å². The standard InChI is InChI=1S/C18H13BrN2O2S/c1-2-23-15-8-7-11(9-12(15)19)10-16-17(22)21-14-6-4-3-5-13(14)20-18(21)24-16/h3-10H,2H2,1H3. The fourth-order valence-electron chi connectivity index (χ4n) is 2.64. The van der Waals surface area contributed by atoms with Crippen LogP contribution in [0.5, 0.6) is 5.75 Å². The predicted molar refractivity (Wildman–Crippen MR) is 101 cm³/mol. The third-order valence-corrected chi connectivity index (χ3v) is 5.29. The number of benzene rings is 2. The molecule has 4 nitrogen and oxygen atoms in total. The molecular weight excluding hydrogens is 388 g/mol. The summed E-state index contributed by atoms with van der Waals surface area (Å²) in [4.78, 5) is 18.0. The minimum absolute atomic E-state index is 0.0336. The number of aromatic nitrogens is 2. The maximum absolute atomic E-state index is 12.7. The molecule has 120 valence electrons. The van der Waals surface area contributed by atoms with E-state index in [1.807, 2.05) is 55.5 Å². The minimum Gasteiger partial charge on any atom is -0.493 e. The summed E-state index contributed by atoms with van der Waals surface area (Å²) in [6, 6.07) is 13.5. The number of imidazole rings is 1. The Morgan fingerprint density at radius 3 is 2.92 bits per heavy atom. The molecule has 0 aliphatic rings. The Labute approximate surface area is 150 Å². The van der Waals surface area contributed by atoms with E-state index in [4.69, 9.17) is 4.74 Å². The first-order valence-electron chi connectivity index (χ1n) is 7.51. The van der Waals surface area contributed by atoms with Crippen molar-refractivity contribution >= 4 is 49.3 Å². The molecule has 0 amide bonds. The van der Waals surface area contributed by atoms with Crippen LogP contribution in [-0.4, -0.2) is 16.0 Å². The summed E-state index contributed by atoms with van der Waals surface area (Å²) in [7, 11) is 0. The molecule has 0 aliphatic heterocycles. The fraction of sp³-hybridized carbons (Fsp3) is 0.111. The molecule has 0 fully saturated rings. The van der Waals surface area contributed by atoms with Gasteiger partial charge in [0.15, 0.2) is 4.96 Å². The second-order valence-electron chi connectivity index (χ2n) is 5.26. The van der Waals surface area contributed by atoms with Gasteiger partial charge in [-0.2, -0.15) is 0 Å². The van der Waals surface area contributed by atoms with Crippen molar-refractivity contribution in [3.05, 3.63) is 67.4 Å². The van der Waals surface area contributed by atoms with Gasteiger partial charge >= 0.3 is 0 Å². The SMILES string of the molecule is CCOc1ccc(C=c2sc3nc4ccccc4n3c2=O)cc1Br. The van der Waals surface area contributed by atoms with Gasteiger partial charge < -0.3 is 4.74 Å². The zero-order valence-corrected chi connectivity index (χ0v) is 15.2. The van der Waals surface area contributed by atoms with E-state index in [2.05, 4.69) is 20.9 Å². The third kappa shape index (κ3) is 2.52. The molecule has 0 radical (unpaired) electrons. The van der Waals surface area contributed by atoms with Crippen LogP contribution in [0.4, 0.5) is 0 Å². The molecule has 2 aromatic heterocycles. The van der Waals surface area contributed by atoms with Crippen molar-refractivity contribution in [2.75, 3.05) is 6.61 Å². The maximum Gasteiger partial charge on any atom is 0.274 e. The quantitative estimate of drug-likeness (QED) is 0.527. The molecule has 24 heavy (non-hydrogen) atoms. The highest BCUT2D eigenvalue weighted by Gasteiger charge is 2.10.